The van der Waals surface area contributed by atoms with Crippen LogP contribution >= 0.6 is 0 Å². The second-order valence-corrected chi connectivity index (χ2v) is 5.49. The van der Waals surface area contributed by atoms with Gasteiger partial charge in [-0.25, -0.2) is 0 Å². The molecule has 1 aliphatic rings. The van der Waals surface area contributed by atoms with E-state index in [-0.39, 0.29) is 0 Å². The quantitative estimate of drug-likeness (QED) is 0.805. The van der Waals surface area contributed by atoms with Crippen molar-refractivity contribution in [3.63, 3.8) is 0 Å². The van der Waals surface area contributed by atoms with Gasteiger partial charge in [0, 0.05) is 19.3 Å². The summed E-state index contributed by atoms with van der Waals surface area (Å²) in [5.74, 6) is 1.37. The summed E-state index contributed by atoms with van der Waals surface area (Å²) in [4.78, 5) is 6.79. The number of hydrogen-bond acceptors (Lipinski definition) is 3. The molecular formula is C14H23N3. The highest BCUT2D eigenvalue weighted by Crippen LogP contribution is 2.18. The molecule has 0 aliphatic carbocycles. The molecular weight excluding hydrogens is 210 g/mol. The number of nitrogens with zero attached hydrogens (tertiary/aromatic N) is 2. The Balaban J connectivity index is 2.15. The van der Waals surface area contributed by atoms with E-state index < -0.39 is 0 Å². The monoisotopic (exact) mass is 233 g/mol. The van der Waals surface area contributed by atoms with Crippen LogP contribution in [0, 0.1) is 18.8 Å². The fraction of sp³-hybridized carbons (Fsp3) is 0.643. The molecule has 0 saturated carbocycles. The van der Waals surface area contributed by atoms with Crippen molar-refractivity contribution in [3.8, 4) is 0 Å². The van der Waals surface area contributed by atoms with Crippen molar-refractivity contribution in [3.05, 3.63) is 24.0 Å². The van der Waals surface area contributed by atoms with Crippen molar-refractivity contribution in [2.75, 3.05) is 31.1 Å². The summed E-state index contributed by atoms with van der Waals surface area (Å²) in [6.07, 6.45) is 3.91. The second kappa shape index (κ2) is 5.50. The zero-order valence-electron chi connectivity index (χ0n) is 11.1. The predicted molar refractivity (Wildman–Crippen MR) is 72.4 cm³/mol. The molecule has 2 heterocycles. The maximum absolute atomic E-state index is 4.31. The average Bonchev–Trinajstić information content (AvgIpc) is 2.26. The average molecular weight is 233 g/mol. The Morgan fingerprint density at radius 3 is 2.41 bits per heavy atom. The van der Waals surface area contributed by atoms with Crippen LogP contribution in [0.15, 0.2) is 18.5 Å². The molecule has 0 bridgehead atoms. The minimum atomic E-state index is 0.683. The van der Waals surface area contributed by atoms with Crippen molar-refractivity contribution >= 4 is 5.69 Å². The van der Waals surface area contributed by atoms with Crippen LogP contribution in [0.1, 0.15) is 19.4 Å². The number of rotatable bonds is 1. The third kappa shape index (κ3) is 3.43. The van der Waals surface area contributed by atoms with E-state index in [0.717, 1.165) is 26.2 Å². The highest BCUT2D eigenvalue weighted by Gasteiger charge is 2.17. The lowest BCUT2D eigenvalue weighted by Crippen LogP contribution is -2.42. The molecule has 1 fully saturated rings. The lowest BCUT2D eigenvalue weighted by molar-refractivity contribution is 0.410. The Kier molecular flexibility index (Phi) is 4.00. The van der Waals surface area contributed by atoms with Crippen LogP contribution in [-0.4, -0.2) is 31.2 Å². The Morgan fingerprint density at radius 1 is 1.18 bits per heavy atom. The normalized spacial score (nSPS) is 26.4. The molecule has 1 aromatic rings. The molecule has 2 atom stereocenters. The Hall–Kier alpha value is -1.09. The van der Waals surface area contributed by atoms with Gasteiger partial charge in [-0.15, -0.1) is 0 Å². The first-order valence-corrected chi connectivity index (χ1v) is 6.52. The van der Waals surface area contributed by atoms with E-state index in [2.05, 4.69) is 42.0 Å². The summed E-state index contributed by atoms with van der Waals surface area (Å²) in [6.45, 7) is 11.2. The fourth-order valence-electron chi connectivity index (χ4n) is 2.45. The molecule has 2 unspecified atom stereocenters. The SMILES string of the molecule is Cc1cncc(N2CC(C)CNCC(C)C2)c1. The summed E-state index contributed by atoms with van der Waals surface area (Å²) < 4.78 is 0. The number of aryl methyl sites for hydroxylation is 1. The van der Waals surface area contributed by atoms with E-state index in [0.29, 0.717) is 11.8 Å². The smallest absolute Gasteiger partial charge is 0.0555 e. The van der Waals surface area contributed by atoms with E-state index in [1.54, 1.807) is 0 Å². The van der Waals surface area contributed by atoms with Gasteiger partial charge in [-0.3, -0.25) is 4.98 Å². The van der Waals surface area contributed by atoms with Crippen LogP contribution in [0.2, 0.25) is 0 Å². The van der Waals surface area contributed by atoms with E-state index in [4.69, 9.17) is 0 Å². The molecule has 1 aliphatic heterocycles. The summed E-state index contributed by atoms with van der Waals surface area (Å²) in [6, 6.07) is 2.24. The molecule has 17 heavy (non-hydrogen) atoms. The topological polar surface area (TPSA) is 28.2 Å². The molecule has 3 heteroatoms. The number of nitrogens with one attached hydrogen (secondary N) is 1. The zero-order valence-corrected chi connectivity index (χ0v) is 11.1. The van der Waals surface area contributed by atoms with Crippen LogP contribution in [0.5, 0.6) is 0 Å². The van der Waals surface area contributed by atoms with Gasteiger partial charge >= 0.3 is 0 Å². The lowest BCUT2D eigenvalue weighted by atomic mass is 10.0. The maximum Gasteiger partial charge on any atom is 0.0555 e. The van der Waals surface area contributed by atoms with Gasteiger partial charge in [0.1, 0.15) is 0 Å². The van der Waals surface area contributed by atoms with Crippen molar-refractivity contribution in [2.45, 2.75) is 20.8 Å². The Morgan fingerprint density at radius 2 is 1.82 bits per heavy atom. The number of pyridine rings is 1. The molecule has 94 valence electrons. The van der Waals surface area contributed by atoms with Crippen molar-refractivity contribution in [2.24, 2.45) is 11.8 Å². The fourth-order valence-corrected chi connectivity index (χ4v) is 2.45. The number of anilines is 1. The van der Waals surface area contributed by atoms with Gasteiger partial charge in [0.2, 0.25) is 0 Å². The standard InChI is InChI=1S/C14H23N3/c1-11-4-14(8-16-5-11)17-9-12(2)6-15-7-13(3)10-17/h4-5,8,12-13,15H,6-7,9-10H2,1-3H3. The molecule has 0 amide bonds. The van der Waals surface area contributed by atoms with Gasteiger partial charge in [-0.1, -0.05) is 13.8 Å². The molecule has 0 aromatic carbocycles. The van der Waals surface area contributed by atoms with E-state index in [1.807, 2.05) is 12.4 Å². The van der Waals surface area contributed by atoms with Crippen molar-refractivity contribution in [1.29, 1.82) is 0 Å². The first-order chi connectivity index (χ1) is 8.15. The van der Waals surface area contributed by atoms with Gasteiger partial charge in [0.05, 0.1) is 11.9 Å². The van der Waals surface area contributed by atoms with Gasteiger partial charge in [0.15, 0.2) is 0 Å². The van der Waals surface area contributed by atoms with Crippen LogP contribution < -0.4 is 10.2 Å². The highest BCUT2D eigenvalue weighted by atomic mass is 15.1. The van der Waals surface area contributed by atoms with Gasteiger partial charge in [-0.05, 0) is 43.5 Å². The molecule has 2 rings (SSSR count). The molecule has 3 nitrogen and oxygen atoms in total. The lowest BCUT2D eigenvalue weighted by Gasteiger charge is -2.33. The van der Waals surface area contributed by atoms with Gasteiger partial charge < -0.3 is 10.2 Å². The summed E-state index contributed by atoms with van der Waals surface area (Å²) in [7, 11) is 0. The molecule has 1 aromatic heterocycles. The molecule has 1 saturated heterocycles. The zero-order chi connectivity index (χ0) is 12.3. The van der Waals surface area contributed by atoms with E-state index >= 15 is 0 Å². The maximum atomic E-state index is 4.31. The van der Waals surface area contributed by atoms with Crippen LogP contribution in [0.25, 0.3) is 0 Å². The first kappa shape index (κ1) is 12.4. The summed E-state index contributed by atoms with van der Waals surface area (Å²) in [5.41, 5.74) is 2.51. The number of aromatic nitrogens is 1. The first-order valence-electron chi connectivity index (χ1n) is 6.52. The van der Waals surface area contributed by atoms with Gasteiger partial charge in [0.25, 0.3) is 0 Å². The third-order valence-corrected chi connectivity index (χ3v) is 3.28. The number of hydrogen-bond donors (Lipinski definition) is 1. The van der Waals surface area contributed by atoms with Crippen molar-refractivity contribution < 1.29 is 0 Å². The second-order valence-electron chi connectivity index (χ2n) is 5.49. The third-order valence-electron chi connectivity index (χ3n) is 3.28. The minimum absolute atomic E-state index is 0.683. The largest absolute Gasteiger partial charge is 0.370 e. The molecule has 0 radical (unpaired) electrons. The van der Waals surface area contributed by atoms with Crippen LogP contribution in [0.3, 0.4) is 0 Å². The predicted octanol–water partition coefficient (Wildman–Crippen LogP) is 2.07. The van der Waals surface area contributed by atoms with Crippen LogP contribution in [-0.2, 0) is 0 Å². The van der Waals surface area contributed by atoms with Crippen LogP contribution in [0.4, 0.5) is 5.69 Å². The van der Waals surface area contributed by atoms with Gasteiger partial charge in [-0.2, -0.15) is 0 Å². The molecule has 1 N–H and O–H groups in total. The Labute approximate surface area is 104 Å². The minimum Gasteiger partial charge on any atom is -0.370 e. The van der Waals surface area contributed by atoms with E-state index in [9.17, 15) is 0 Å². The molecule has 0 spiro atoms. The summed E-state index contributed by atoms with van der Waals surface area (Å²) in [5, 5.41) is 3.53. The highest BCUT2D eigenvalue weighted by molar-refractivity contribution is 5.46. The summed E-state index contributed by atoms with van der Waals surface area (Å²) >= 11 is 0. The van der Waals surface area contributed by atoms with E-state index in [1.165, 1.54) is 11.3 Å². The van der Waals surface area contributed by atoms with Crippen molar-refractivity contribution in [1.82, 2.24) is 10.3 Å². The Bertz CT molecular complexity index is 352.